The number of aromatic hydroxyl groups is 2. The first-order chi connectivity index (χ1) is 46.1. The van der Waals surface area contributed by atoms with E-state index in [1.807, 2.05) is 72.8 Å². The Morgan fingerprint density at radius 3 is 0.830 bits per heavy atom. The van der Waals surface area contributed by atoms with Gasteiger partial charge in [0.2, 0.25) is 0 Å². The van der Waals surface area contributed by atoms with E-state index in [9.17, 15) is 33.9 Å². The monoisotopic (exact) mass is 1490 g/mol. The summed E-state index contributed by atoms with van der Waals surface area (Å²) in [5, 5.41) is 20.2. The molecule has 6 aromatic heterocycles. The molecule has 25 heteroatoms. The van der Waals surface area contributed by atoms with Crippen molar-refractivity contribution in [1.29, 1.82) is 0 Å². The highest BCUT2D eigenvalue weighted by Gasteiger charge is 2.42. The molecule has 0 aliphatic carbocycles. The lowest BCUT2D eigenvalue weighted by molar-refractivity contribution is 0.459. The summed E-state index contributed by atoms with van der Waals surface area (Å²) in [7, 11) is -7.85. The lowest BCUT2D eigenvalue weighted by atomic mass is 10.2. The fourth-order valence-corrected chi connectivity index (χ4v) is 12.0. The first kappa shape index (κ1) is 84.3. The maximum atomic E-state index is 12.7. The summed E-state index contributed by atoms with van der Waals surface area (Å²) in [6.45, 7) is 44.4. The Morgan fingerprint density at radius 2 is 0.570 bits per heavy atom. The highest BCUT2D eigenvalue weighted by molar-refractivity contribution is 6.76. The van der Waals surface area contributed by atoms with Crippen LogP contribution in [0.3, 0.4) is 0 Å². The maximum Gasteiger partial charge on any atom is 0.292 e. The van der Waals surface area contributed by atoms with Crippen molar-refractivity contribution < 1.29 is 27.9 Å². The second-order valence-corrected chi connectivity index (χ2v) is 50.1. The van der Waals surface area contributed by atoms with Gasteiger partial charge in [-0.2, -0.15) is 0 Å². The second-order valence-electron chi connectivity index (χ2n) is 29.9. The molecule has 0 bridgehead atoms. The highest BCUT2D eigenvalue weighted by Crippen LogP contribution is 2.39. The molecule has 540 valence electrons. The summed E-state index contributed by atoms with van der Waals surface area (Å²) < 4.78 is 28.9. The molecular weight excluding hydrogens is 1400 g/mol. The van der Waals surface area contributed by atoms with Gasteiger partial charge in [0.05, 0.1) is 19.6 Å². The number of nitrogens with one attached hydrogen (secondary N) is 3. The summed E-state index contributed by atoms with van der Waals surface area (Å²) in [5.41, 5.74) is 1.69. The van der Waals surface area contributed by atoms with E-state index in [0.29, 0.717) is 57.7 Å². The summed E-state index contributed by atoms with van der Waals surface area (Å²) in [4.78, 5) is 77.7. The molecule has 0 saturated heterocycles. The fraction of sp³-hybridized carbons (Fsp3) is 0.360. The van der Waals surface area contributed by atoms with Crippen molar-refractivity contribution in [3.63, 3.8) is 0 Å². The standard InChI is InChI=1S/2C18H24ClNO2Si.C12H10ClNO2.2C11H19NO2Si.C5H5NO2/c2*1-18(2,3)23(4,5)22-16-7-6-12-20(17(16)21)13-14-8-10-15(19)11-9-14;13-10-5-3-9(4-6-10)8-14-7-1-2-11(15)12(14)16;2*1-11(2,3)15(4,5)14-9-7-6-8-12-10(9)13;7-4-2-1-3-6-5(4)8/h2*6-12H,13H2,1-5H3;1-7,15H,8H2;2*6-8H,1-5H3,(H,12,13);1-3,7H,(H,6,8). The van der Waals surface area contributed by atoms with Crippen LogP contribution in [0.5, 0.6) is 34.5 Å². The minimum Gasteiger partial charge on any atom is -0.540 e. The molecule has 0 atom stereocenters. The fourth-order valence-electron chi connectivity index (χ4n) is 7.54. The van der Waals surface area contributed by atoms with Crippen LogP contribution in [0.4, 0.5) is 0 Å². The van der Waals surface area contributed by atoms with Gasteiger partial charge in [0, 0.05) is 52.2 Å². The number of pyridine rings is 6. The van der Waals surface area contributed by atoms with Crippen LogP contribution in [0.2, 0.25) is 87.6 Å². The predicted molar refractivity (Wildman–Crippen MR) is 420 cm³/mol. The van der Waals surface area contributed by atoms with Crippen LogP contribution in [0, 0.1) is 0 Å². The van der Waals surface area contributed by atoms with Crippen LogP contribution in [-0.2, 0) is 19.6 Å². The van der Waals surface area contributed by atoms with Gasteiger partial charge < -0.3 is 56.6 Å². The molecule has 0 spiro atoms. The molecular formula is C75H101Cl3N6O12Si4. The Hall–Kier alpha value is -8.10. The molecule has 0 aliphatic rings. The van der Waals surface area contributed by atoms with Crippen molar-refractivity contribution in [2.24, 2.45) is 0 Å². The topological polar surface area (TPSA) is 242 Å². The number of hydrogen-bond donors (Lipinski definition) is 5. The molecule has 9 rings (SSSR count). The Bertz CT molecular complexity index is 4240. The molecule has 0 fully saturated rings. The minimum atomic E-state index is -2.03. The maximum absolute atomic E-state index is 12.7. The van der Waals surface area contributed by atoms with Gasteiger partial charge in [-0.1, -0.05) is 154 Å². The Morgan fingerprint density at radius 1 is 0.330 bits per heavy atom. The Labute approximate surface area is 607 Å². The lowest BCUT2D eigenvalue weighted by Crippen LogP contribution is -2.45. The number of hydrogen-bond acceptors (Lipinski definition) is 12. The van der Waals surface area contributed by atoms with E-state index in [2.05, 4.69) is 150 Å². The molecule has 0 aliphatic heterocycles. The SMILES string of the molecule is CC(C)(C)[Si](C)(C)Oc1ccc[nH]c1=O.CC(C)(C)[Si](C)(C)Oc1ccc[nH]c1=O.CC(C)(C)[Si](C)(C)Oc1cccn(Cc2ccc(Cl)cc2)c1=O.CC(C)(C)[Si](C)(C)Oc1cccn(Cc2ccc(Cl)cc2)c1=O.O=c1[nH]cccc1O.O=c1c(O)cccn1Cc1ccc(Cl)cc1. The molecule has 18 nitrogen and oxygen atoms in total. The summed E-state index contributed by atoms with van der Waals surface area (Å²) in [6.07, 6.45) is 9.89. The minimum absolute atomic E-state index is 0.0519. The van der Waals surface area contributed by atoms with Crippen LogP contribution in [0.15, 0.2) is 212 Å². The molecule has 0 saturated carbocycles. The molecule has 9 aromatic rings. The van der Waals surface area contributed by atoms with Gasteiger partial charge in [0.1, 0.15) is 0 Å². The van der Waals surface area contributed by atoms with Crippen LogP contribution >= 0.6 is 34.8 Å². The largest absolute Gasteiger partial charge is 0.540 e. The molecule has 5 N–H and O–H groups in total. The van der Waals surface area contributed by atoms with E-state index in [1.165, 1.54) is 22.9 Å². The van der Waals surface area contributed by atoms with Crippen molar-refractivity contribution in [2.75, 3.05) is 0 Å². The van der Waals surface area contributed by atoms with Crippen molar-refractivity contribution in [1.82, 2.24) is 28.7 Å². The zero-order chi connectivity index (χ0) is 75.4. The van der Waals surface area contributed by atoms with Crippen LogP contribution in [0.25, 0.3) is 0 Å². The quantitative estimate of drug-likeness (QED) is 0.0639. The van der Waals surface area contributed by atoms with Gasteiger partial charge in [0.15, 0.2) is 34.5 Å². The van der Waals surface area contributed by atoms with Gasteiger partial charge in [-0.05, 0) is 198 Å². The van der Waals surface area contributed by atoms with E-state index in [4.69, 9.17) is 57.6 Å². The van der Waals surface area contributed by atoms with Gasteiger partial charge >= 0.3 is 0 Å². The number of H-pyrrole nitrogens is 3. The molecule has 0 amide bonds. The molecule has 6 heterocycles. The first-order valence-electron chi connectivity index (χ1n) is 32.6. The van der Waals surface area contributed by atoms with E-state index in [0.717, 1.165) is 16.7 Å². The third kappa shape index (κ3) is 26.1. The van der Waals surface area contributed by atoms with E-state index < -0.39 is 44.4 Å². The average molecular weight is 1500 g/mol. The zero-order valence-corrected chi connectivity index (χ0v) is 67.7. The molecule has 100 heavy (non-hydrogen) atoms. The predicted octanol–water partition coefficient (Wildman–Crippen LogP) is 17.7. The third-order valence-corrected chi connectivity index (χ3v) is 35.9. The van der Waals surface area contributed by atoms with E-state index in [-0.39, 0.29) is 53.9 Å². The molecule has 0 radical (unpaired) electrons. The molecule has 0 unspecified atom stereocenters. The summed E-state index contributed by atoms with van der Waals surface area (Å²) in [5.74, 6) is 1.26. The van der Waals surface area contributed by atoms with Crippen LogP contribution in [0.1, 0.15) is 99.8 Å². The lowest BCUT2D eigenvalue weighted by Gasteiger charge is -2.36. The van der Waals surface area contributed by atoms with Crippen LogP contribution in [-0.4, -0.2) is 72.1 Å². The first-order valence-corrected chi connectivity index (χ1v) is 45.4. The van der Waals surface area contributed by atoms with Gasteiger partial charge in [-0.3, -0.25) is 28.8 Å². The van der Waals surface area contributed by atoms with Crippen molar-refractivity contribution in [3.05, 3.63) is 277 Å². The van der Waals surface area contributed by atoms with E-state index in [1.54, 1.807) is 101 Å². The number of aromatic nitrogens is 6. The second kappa shape index (κ2) is 36.0. The zero-order valence-electron chi connectivity index (χ0n) is 61.4. The number of benzene rings is 3. The van der Waals surface area contributed by atoms with Crippen molar-refractivity contribution in [2.45, 2.75) is 175 Å². The smallest absolute Gasteiger partial charge is 0.292 e. The van der Waals surface area contributed by atoms with Crippen molar-refractivity contribution >= 4 is 68.1 Å². The third-order valence-electron chi connectivity index (χ3n) is 17.8. The van der Waals surface area contributed by atoms with Gasteiger partial charge in [-0.15, -0.1) is 0 Å². The number of nitrogens with zero attached hydrogens (tertiary/aromatic N) is 3. The van der Waals surface area contributed by atoms with E-state index >= 15 is 0 Å². The van der Waals surface area contributed by atoms with Gasteiger partial charge in [-0.25, -0.2) is 0 Å². The highest BCUT2D eigenvalue weighted by atomic mass is 35.5. The number of aromatic amines is 3. The normalized spacial score (nSPS) is 11.8. The Kier molecular flexibility index (Phi) is 30.3. The Balaban J connectivity index is 0.000000261. The summed E-state index contributed by atoms with van der Waals surface area (Å²) >= 11 is 17.6. The van der Waals surface area contributed by atoms with Crippen molar-refractivity contribution in [3.8, 4) is 34.5 Å². The number of rotatable bonds is 14. The summed E-state index contributed by atoms with van der Waals surface area (Å²) in [6, 6.07) is 42.4. The average Bonchev–Trinajstić information content (AvgIpc) is 0.820. The number of halogens is 3. The van der Waals surface area contributed by atoms with Crippen LogP contribution < -0.4 is 51.1 Å². The molecule has 3 aromatic carbocycles. The van der Waals surface area contributed by atoms with Gasteiger partial charge in [0.25, 0.3) is 66.6 Å².